The number of fused-ring (bicyclic) bond motifs is 3. The summed E-state index contributed by atoms with van der Waals surface area (Å²) in [6.45, 7) is 2.64. The summed E-state index contributed by atoms with van der Waals surface area (Å²) in [5.41, 5.74) is 3.32. The Labute approximate surface area is 192 Å². The van der Waals surface area contributed by atoms with Crippen molar-refractivity contribution >= 4 is 17.2 Å². The van der Waals surface area contributed by atoms with Crippen LogP contribution in [0.2, 0.25) is 0 Å². The van der Waals surface area contributed by atoms with E-state index in [-0.39, 0.29) is 11.9 Å². The third-order valence-electron chi connectivity index (χ3n) is 5.71. The number of aromatic amines is 1. The fraction of sp³-hybridized carbons (Fsp3) is 0.182. The first kappa shape index (κ1) is 19.7. The molecule has 0 fully saturated rings. The predicted octanol–water partition coefficient (Wildman–Crippen LogP) is 4.18. The van der Waals surface area contributed by atoms with Gasteiger partial charge in [-0.1, -0.05) is 19.1 Å². The number of H-pyrrole nitrogens is 1. The molecule has 0 aliphatic carbocycles. The van der Waals surface area contributed by atoms with E-state index < -0.39 is 0 Å². The zero-order valence-corrected chi connectivity index (χ0v) is 18.4. The van der Waals surface area contributed by atoms with Crippen LogP contribution in [0.3, 0.4) is 0 Å². The summed E-state index contributed by atoms with van der Waals surface area (Å²) in [5, 5.41) is 18.5. The lowest BCUT2D eigenvalue weighted by molar-refractivity contribution is 0.534. The predicted molar refractivity (Wildman–Crippen MR) is 121 cm³/mol. The minimum Gasteiger partial charge on any atom is -0.340 e. The van der Waals surface area contributed by atoms with E-state index >= 15 is 0 Å². The lowest BCUT2D eigenvalue weighted by atomic mass is 10.1. The van der Waals surface area contributed by atoms with Gasteiger partial charge in [0.05, 0.1) is 24.0 Å². The average molecular weight is 460 g/mol. The summed E-state index contributed by atoms with van der Waals surface area (Å²) in [4.78, 5) is 16.2. The molecule has 1 aliphatic rings. The summed E-state index contributed by atoms with van der Waals surface area (Å²) in [6.07, 6.45) is 7.74. The average Bonchev–Trinajstić information content (AvgIpc) is 3.61. The largest absolute Gasteiger partial charge is 0.340 e. The topological polar surface area (TPSA) is 101 Å². The van der Waals surface area contributed by atoms with Crippen molar-refractivity contribution in [1.29, 1.82) is 0 Å². The molecule has 1 unspecified atom stereocenters. The Kier molecular flexibility index (Phi) is 4.68. The van der Waals surface area contributed by atoms with Gasteiger partial charge in [-0.2, -0.15) is 5.10 Å². The minimum atomic E-state index is -0.260. The van der Waals surface area contributed by atoms with Crippen LogP contribution < -0.4 is 4.90 Å². The Morgan fingerprint density at radius 2 is 2.03 bits per heavy atom. The molecule has 0 saturated heterocycles. The van der Waals surface area contributed by atoms with E-state index in [0.29, 0.717) is 12.4 Å². The van der Waals surface area contributed by atoms with Crippen LogP contribution in [-0.4, -0.2) is 39.9 Å². The molecule has 0 bridgehead atoms. The van der Waals surface area contributed by atoms with Crippen molar-refractivity contribution in [3.63, 3.8) is 0 Å². The maximum atomic E-state index is 13.5. The monoisotopic (exact) mass is 459 g/mol. The molecular formula is C22H18FN9S. The van der Waals surface area contributed by atoms with Gasteiger partial charge in [0, 0.05) is 18.1 Å². The molecule has 6 rings (SSSR count). The Bertz CT molecular complexity index is 1410. The molecule has 1 aromatic carbocycles. The summed E-state index contributed by atoms with van der Waals surface area (Å²) < 4.78 is 15.4. The van der Waals surface area contributed by atoms with Gasteiger partial charge >= 0.3 is 0 Å². The molecule has 11 heteroatoms. The summed E-state index contributed by atoms with van der Waals surface area (Å²) in [7, 11) is 0. The fourth-order valence-corrected chi connectivity index (χ4v) is 4.81. The first-order chi connectivity index (χ1) is 16.2. The molecule has 164 valence electrons. The van der Waals surface area contributed by atoms with Gasteiger partial charge in [0.25, 0.3) is 0 Å². The number of hydrogen-bond acceptors (Lipinski definition) is 8. The van der Waals surface area contributed by atoms with Crippen molar-refractivity contribution in [2.24, 2.45) is 0 Å². The summed E-state index contributed by atoms with van der Waals surface area (Å²) in [5.74, 6) is 1.87. The third-order valence-corrected chi connectivity index (χ3v) is 6.50. The molecule has 1 aliphatic heterocycles. The van der Waals surface area contributed by atoms with Crippen molar-refractivity contribution in [1.82, 2.24) is 39.9 Å². The first-order valence-electron chi connectivity index (χ1n) is 10.4. The van der Waals surface area contributed by atoms with Crippen LogP contribution in [-0.2, 0) is 6.54 Å². The molecule has 0 amide bonds. The first-order valence-corrected chi connectivity index (χ1v) is 11.3. The van der Waals surface area contributed by atoms with Gasteiger partial charge in [-0.25, -0.2) is 19.3 Å². The molecule has 0 spiro atoms. The highest BCUT2D eigenvalue weighted by Gasteiger charge is 2.34. The van der Waals surface area contributed by atoms with Gasteiger partial charge in [-0.05, 0) is 24.1 Å². The second-order valence-corrected chi connectivity index (χ2v) is 8.53. The van der Waals surface area contributed by atoms with E-state index in [2.05, 4.69) is 42.2 Å². The van der Waals surface area contributed by atoms with Gasteiger partial charge in [0.1, 0.15) is 28.5 Å². The third kappa shape index (κ3) is 3.28. The van der Waals surface area contributed by atoms with E-state index in [1.165, 1.54) is 23.5 Å². The number of thiazole rings is 1. The number of halogens is 1. The van der Waals surface area contributed by atoms with Gasteiger partial charge in [0.2, 0.25) is 0 Å². The molecular weight excluding hydrogens is 441 g/mol. The van der Waals surface area contributed by atoms with Crippen LogP contribution in [0.25, 0.3) is 27.8 Å². The number of anilines is 1. The smallest absolute Gasteiger partial charge is 0.165 e. The number of nitrogens with zero attached hydrogens (tertiary/aromatic N) is 8. The lowest BCUT2D eigenvalue weighted by Crippen LogP contribution is -2.35. The van der Waals surface area contributed by atoms with Crippen LogP contribution in [0.4, 0.5) is 10.2 Å². The molecule has 5 aromatic rings. The Balaban J connectivity index is 1.49. The fourth-order valence-electron chi connectivity index (χ4n) is 4.16. The maximum Gasteiger partial charge on any atom is 0.165 e. The SMILES string of the molecule is CCC1c2nncn2-c2cnc(-c3cn[nH]c3-c3nccs3)nc2N1Cc1ccc(F)cc1. The van der Waals surface area contributed by atoms with Crippen LogP contribution >= 0.6 is 11.3 Å². The maximum absolute atomic E-state index is 13.5. The molecule has 1 atom stereocenters. The van der Waals surface area contributed by atoms with Gasteiger partial charge in [0.15, 0.2) is 17.5 Å². The Morgan fingerprint density at radius 3 is 2.82 bits per heavy atom. The molecule has 4 aromatic heterocycles. The Hall–Kier alpha value is -3.99. The van der Waals surface area contributed by atoms with E-state index in [1.807, 2.05) is 9.95 Å². The number of rotatable bonds is 5. The van der Waals surface area contributed by atoms with Crippen LogP contribution in [0.1, 0.15) is 30.8 Å². The summed E-state index contributed by atoms with van der Waals surface area (Å²) in [6, 6.07) is 6.48. The zero-order chi connectivity index (χ0) is 22.4. The van der Waals surface area contributed by atoms with E-state index in [0.717, 1.165) is 45.6 Å². The highest BCUT2D eigenvalue weighted by atomic mass is 32.1. The van der Waals surface area contributed by atoms with Crippen molar-refractivity contribution in [3.8, 4) is 27.8 Å². The van der Waals surface area contributed by atoms with Crippen LogP contribution in [0.15, 0.2) is 54.6 Å². The number of aromatic nitrogens is 8. The van der Waals surface area contributed by atoms with Crippen molar-refractivity contribution in [3.05, 3.63) is 71.8 Å². The van der Waals surface area contributed by atoms with E-state index in [1.54, 1.807) is 37.1 Å². The van der Waals surface area contributed by atoms with Crippen LogP contribution in [0.5, 0.6) is 0 Å². The molecule has 0 saturated carbocycles. The minimum absolute atomic E-state index is 0.0458. The standard InChI is InChI=1S/C22H18FN9S/c1-2-16-21-30-27-12-32(21)17-10-25-19(15-9-26-29-18(15)22-24-7-8-33-22)28-20(17)31(16)11-13-3-5-14(23)6-4-13/h3-10,12,16H,2,11H2,1H3,(H,26,29). The normalized spacial score (nSPS) is 14.8. The summed E-state index contributed by atoms with van der Waals surface area (Å²) >= 11 is 1.52. The lowest BCUT2D eigenvalue weighted by Gasteiger charge is -2.37. The molecule has 33 heavy (non-hydrogen) atoms. The van der Waals surface area contributed by atoms with Crippen molar-refractivity contribution < 1.29 is 4.39 Å². The van der Waals surface area contributed by atoms with E-state index in [9.17, 15) is 4.39 Å². The van der Waals surface area contributed by atoms with Crippen molar-refractivity contribution in [2.75, 3.05) is 4.90 Å². The second kappa shape index (κ2) is 7.85. The zero-order valence-electron chi connectivity index (χ0n) is 17.6. The molecule has 1 N–H and O–H groups in total. The molecule has 5 heterocycles. The molecule has 0 radical (unpaired) electrons. The van der Waals surface area contributed by atoms with E-state index in [4.69, 9.17) is 4.98 Å². The van der Waals surface area contributed by atoms with Gasteiger partial charge in [-0.15, -0.1) is 21.5 Å². The van der Waals surface area contributed by atoms with Gasteiger partial charge < -0.3 is 4.90 Å². The highest BCUT2D eigenvalue weighted by Crippen LogP contribution is 2.40. The second-order valence-electron chi connectivity index (χ2n) is 7.64. The van der Waals surface area contributed by atoms with Gasteiger partial charge in [-0.3, -0.25) is 9.67 Å². The Morgan fingerprint density at radius 1 is 1.15 bits per heavy atom. The van der Waals surface area contributed by atoms with Crippen LogP contribution in [0, 0.1) is 5.82 Å². The quantitative estimate of drug-likeness (QED) is 0.421. The number of hydrogen-bond donors (Lipinski definition) is 1. The number of benzene rings is 1. The number of nitrogens with one attached hydrogen (secondary N) is 1. The highest BCUT2D eigenvalue weighted by molar-refractivity contribution is 7.13. The van der Waals surface area contributed by atoms with Crippen molar-refractivity contribution in [2.45, 2.75) is 25.9 Å². The molecule has 9 nitrogen and oxygen atoms in total.